The summed E-state index contributed by atoms with van der Waals surface area (Å²) in [6, 6.07) is 6.13. The molecule has 0 spiro atoms. The summed E-state index contributed by atoms with van der Waals surface area (Å²) < 4.78 is 28.9. The maximum Gasteiger partial charge on any atom is 0.407 e. The number of imide groups is 1. The lowest BCUT2D eigenvalue weighted by molar-refractivity contribution is -0.141. The first-order valence-corrected chi connectivity index (χ1v) is 7.54. The summed E-state index contributed by atoms with van der Waals surface area (Å²) >= 11 is 0. The molecular weight excluding hydrogens is 322 g/mol. The van der Waals surface area contributed by atoms with E-state index >= 15 is 0 Å². The second-order valence-electron chi connectivity index (χ2n) is 6.23. The van der Waals surface area contributed by atoms with Crippen molar-refractivity contribution >= 4 is 17.9 Å². The molecule has 0 saturated carbocycles. The van der Waals surface area contributed by atoms with Crippen LogP contribution in [-0.4, -0.2) is 58.4 Å². The van der Waals surface area contributed by atoms with E-state index in [1.54, 1.807) is 12.1 Å². The number of carboxylic acid groups (broad SMARTS) is 1. The van der Waals surface area contributed by atoms with E-state index in [0.717, 1.165) is 9.80 Å². The third-order valence-corrected chi connectivity index (χ3v) is 4.69. The van der Waals surface area contributed by atoms with Gasteiger partial charge in [0.1, 0.15) is 0 Å². The summed E-state index contributed by atoms with van der Waals surface area (Å²) in [7, 11) is 0. The van der Waals surface area contributed by atoms with Crippen molar-refractivity contribution in [3.63, 3.8) is 0 Å². The van der Waals surface area contributed by atoms with Crippen LogP contribution in [0.5, 0.6) is 0 Å². The van der Waals surface area contributed by atoms with Gasteiger partial charge in [-0.3, -0.25) is 14.5 Å². The second-order valence-corrected chi connectivity index (χ2v) is 6.23. The average Bonchev–Trinajstić information content (AvgIpc) is 2.77. The smallest absolute Gasteiger partial charge is 0.407 e. The number of benzene rings is 1. The van der Waals surface area contributed by atoms with Crippen LogP contribution in [0.3, 0.4) is 0 Å². The maximum absolute atomic E-state index is 14.5. The van der Waals surface area contributed by atoms with Crippen LogP contribution < -0.4 is 0 Å². The van der Waals surface area contributed by atoms with E-state index in [4.69, 9.17) is 5.11 Å². The minimum atomic E-state index is -3.17. The molecule has 2 aliphatic heterocycles. The molecule has 0 bridgehead atoms. The Hall–Kier alpha value is -2.51. The standard InChI is InChI=1S/C16H16F2N2O4/c1-9-6-19(15(23)24)7-10(16(9,17)18)8-20-13(21)11-4-2-3-5-12(11)14(20)22/h2-5,9-10H,6-8H2,1H3,(H,23,24). The second kappa shape index (κ2) is 5.54. The number of hydrogen-bond donors (Lipinski definition) is 1. The van der Waals surface area contributed by atoms with Gasteiger partial charge in [0, 0.05) is 25.6 Å². The summed E-state index contributed by atoms with van der Waals surface area (Å²) in [6.07, 6.45) is -1.29. The van der Waals surface area contributed by atoms with Crippen molar-refractivity contribution in [1.82, 2.24) is 9.80 Å². The van der Waals surface area contributed by atoms with Crippen molar-refractivity contribution in [2.24, 2.45) is 11.8 Å². The zero-order chi connectivity index (χ0) is 17.6. The van der Waals surface area contributed by atoms with Crippen LogP contribution in [0.1, 0.15) is 27.6 Å². The predicted molar refractivity (Wildman–Crippen MR) is 79.0 cm³/mol. The first-order chi connectivity index (χ1) is 11.2. The molecule has 0 aliphatic carbocycles. The van der Waals surface area contributed by atoms with Gasteiger partial charge in [-0.1, -0.05) is 19.1 Å². The minimum Gasteiger partial charge on any atom is -0.465 e. The Labute approximate surface area is 136 Å². The van der Waals surface area contributed by atoms with Gasteiger partial charge in [0.15, 0.2) is 0 Å². The summed E-state index contributed by atoms with van der Waals surface area (Å²) in [6.45, 7) is 0.0684. The van der Waals surface area contributed by atoms with Gasteiger partial charge in [-0.2, -0.15) is 0 Å². The Morgan fingerprint density at radius 1 is 1.21 bits per heavy atom. The highest BCUT2D eigenvalue weighted by atomic mass is 19.3. The number of rotatable bonds is 2. The van der Waals surface area contributed by atoms with E-state index in [-0.39, 0.29) is 17.7 Å². The number of hydrogen-bond acceptors (Lipinski definition) is 3. The van der Waals surface area contributed by atoms with E-state index in [1.807, 2.05) is 0 Å². The van der Waals surface area contributed by atoms with E-state index in [0.29, 0.717) is 0 Å². The molecule has 1 N–H and O–H groups in total. The van der Waals surface area contributed by atoms with Crippen molar-refractivity contribution in [1.29, 1.82) is 0 Å². The molecule has 128 valence electrons. The van der Waals surface area contributed by atoms with Crippen LogP contribution in [-0.2, 0) is 0 Å². The highest BCUT2D eigenvalue weighted by molar-refractivity contribution is 6.21. The van der Waals surface area contributed by atoms with Crippen LogP contribution in [0.2, 0.25) is 0 Å². The SMILES string of the molecule is CC1CN(C(=O)O)CC(CN2C(=O)c3ccccc3C2=O)C1(F)F. The molecule has 2 heterocycles. The van der Waals surface area contributed by atoms with E-state index in [1.165, 1.54) is 19.1 Å². The number of halogens is 2. The van der Waals surface area contributed by atoms with Gasteiger partial charge in [-0.15, -0.1) is 0 Å². The van der Waals surface area contributed by atoms with Crippen LogP contribution in [0.15, 0.2) is 24.3 Å². The summed E-state index contributed by atoms with van der Waals surface area (Å²) in [4.78, 5) is 37.5. The van der Waals surface area contributed by atoms with E-state index < -0.39 is 48.8 Å². The molecule has 2 unspecified atom stereocenters. The molecule has 2 atom stereocenters. The fourth-order valence-electron chi connectivity index (χ4n) is 3.28. The third-order valence-electron chi connectivity index (χ3n) is 4.69. The Balaban J connectivity index is 1.86. The number of carbonyl (C=O) groups excluding carboxylic acids is 2. The molecule has 1 fully saturated rings. The molecule has 1 saturated heterocycles. The van der Waals surface area contributed by atoms with Crippen molar-refractivity contribution in [2.45, 2.75) is 12.8 Å². The molecule has 24 heavy (non-hydrogen) atoms. The highest BCUT2D eigenvalue weighted by Crippen LogP contribution is 2.39. The molecule has 0 radical (unpaired) electrons. The molecule has 2 aliphatic rings. The monoisotopic (exact) mass is 338 g/mol. The van der Waals surface area contributed by atoms with E-state index in [9.17, 15) is 23.2 Å². The van der Waals surface area contributed by atoms with Crippen molar-refractivity contribution in [3.05, 3.63) is 35.4 Å². The summed E-state index contributed by atoms with van der Waals surface area (Å²) in [5, 5.41) is 9.08. The van der Waals surface area contributed by atoms with Crippen LogP contribution in [0.25, 0.3) is 0 Å². The Kier molecular flexibility index (Phi) is 3.77. The molecule has 3 rings (SSSR count). The molecule has 1 aromatic rings. The van der Waals surface area contributed by atoms with Crippen LogP contribution in [0.4, 0.5) is 13.6 Å². The number of fused-ring (bicyclic) bond motifs is 1. The lowest BCUT2D eigenvalue weighted by Gasteiger charge is -2.42. The first kappa shape index (κ1) is 16.4. The molecule has 8 heteroatoms. The molecule has 0 aromatic heterocycles. The van der Waals surface area contributed by atoms with Crippen molar-refractivity contribution in [3.8, 4) is 0 Å². The molecule has 6 nitrogen and oxygen atoms in total. The van der Waals surface area contributed by atoms with Crippen LogP contribution >= 0.6 is 0 Å². The van der Waals surface area contributed by atoms with Gasteiger partial charge in [-0.05, 0) is 12.1 Å². The Morgan fingerprint density at radius 3 is 2.25 bits per heavy atom. The number of likely N-dealkylation sites (tertiary alicyclic amines) is 1. The lowest BCUT2D eigenvalue weighted by atomic mass is 9.85. The number of amides is 3. The van der Waals surface area contributed by atoms with Gasteiger partial charge >= 0.3 is 6.09 Å². The molecule has 1 aromatic carbocycles. The summed E-state index contributed by atoms with van der Waals surface area (Å²) in [5.41, 5.74) is 0.370. The maximum atomic E-state index is 14.5. The van der Waals surface area contributed by atoms with Gasteiger partial charge in [-0.25, -0.2) is 13.6 Å². The average molecular weight is 338 g/mol. The Morgan fingerprint density at radius 2 is 1.75 bits per heavy atom. The largest absolute Gasteiger partial charge is 0.465 e. The molecule has 3 amide bonds. The van der Waals surface area contributed by atoms with E-state index in [2.05, 4.69) is 0 Å². The van der Waals surface area contributed by atoms with Gasteiger partial charge < -0.3 is 10.0 Å². The topological polar surface area (TPSA) is 77.9 Å². The van der Waals surface area contributed by atoms with Gasteiger partial charge in [0.25, 0.3) is 17.7 Å². The predicted octanol–water partition coefficient (Wildman–Crippen LogP) is 2.16. The molecular formula is C16H16F2N2O4. The normalized spacial score (nSPS) is 25.8. The lowest BCUT2D eigenvalue weighted by Crippen LogP contribution is -2.57. The zero-order valence-electron chi connectivity index (χ0n) is 12.9. The van der Waals surface area contributed by atoms with Crippen LogP contribution in [0, 0.1) is 11.8 Å². The fraction of sp³-hybridized carbons (Fsp3) is 0.438. The fourth-order valence-corrected chi connectivity index (χ4v) is 3.28. The highest BCUT2D eigenvalue weighted by Gasteiger charge is 2.52. The third kappa shape index (κ3) is 2.42. The Bertz CT molecular complexity index is 687. The van der Waals surface area contributed by atoms with Crippen molar-refractivity contribution in [2.75, 3.05) is 19.6 Å². The number of nitrogens with zero attached hydrogens (tertiary/aromatic N) is 2. The quantitative estimate of drug-likeness (QED) is 0.838. The minimum absolute atomic E-state index is 0.185. The number of alkyl halides is 2. The zero-order valence-corrected chi connectivity index (χ0v) is 12.9. The van der Waals surface area contributed by atoms with Gasteiger partial charge in [0.2, 0.25) is 0 Å². The number of piperidine rings is 1. The number of carbonyl (C=O) groups is 3. The first-order valence-electron chi connectivity index (χ1n) is 7.54. The van der Waals surface area contributed by atoms with Crippen molar-refractivity contribution < 1.29 is 28.3 Å². The van der Waals surface area contributed by atoms with Gasteiger partial charge in [0.05, 0.1) is 17.0 Å². The summed E-state index contributed by atoms with van der Waals surface area (Å²) in [5.74, 6) is -7.03.